The van der Waals surface area contributed by atoms with Gasteiger partial charge in [-0.25, -0.2) is 8.42 Å². The highest BCUT2D eigenvalue weighted by Gasteiger charge is 2.12. The van der Waals surface area contributed by atoms with Crippen molar-refractivity contribution in [2.24, 2.45) is 0 Å². The molecule has 5 nitrogen and oxygen atoms in total. The van der Waals surface area contributed by atoms with Crippen molar-refractivity contribution in [1.29, 1.82) is 0 Å². The first kappa shape index (κ1) is 12.7. The topological polar surface area (TPSA) is 80.3 Å². The van der Waals surface area contributed by atoms with Crippen molar-refractivity contribution in [3.63, 3.8) is 0 Å². The zero-order valence-corrected chi connectivity index (χ0v) is 9.80. The zero-order valence-electron chi connectivity index (χ0n) is 8.23. The predicted octanol–water partition coefficient (Wildman–Crippen LogP) is 1.39. The number of anilines is 1. The Kier molecular flexibility index (Phi) is 3.66. The SMILES string of the molecule is CC(=O)Nc1cc(C=O)cc(S(=O)(=O)Cl)c1. The van der Waals surface area contributed by atoms with Gasteiger partial charge in [-0.3, -0.25) is 9.59 Å². The molecule has 0 aliphatic heterocycles. The lowest BCUT2D eigenvalue weighted by atomic mass is 10.2. The first-order chi connectivity index (χ1) is 7.32. The van der Waals surface area contributed by atoms with Gasteiger partial charge in [0.15, 0.2) is 0 Å². The van der Waals surface area contributed by atoms with E-state index in [1.54, 1.807) is 0 Å². The van der Waals surface area contributed by atoms with E-state index in [9.17, 15) is 18.0 Å². The summed E-state index contributed by atoms with van der Waals surface area (Å²) >= 11 is 0. The fourth-order valence-electron chi connectivity index (χ4n) is 1.11. The molecule has 16 heavy (non-hydrogen) atoms. The number of halogens is 1. The smallest absolute Gasteiger partial charge is 0.261 e. The Labute approximate surface area is 96.8 Å². The minimum Gasteiger partial charge on any atom is -0.326 e. The third-order valence-corrected chi connectivity index (χ3v) is 3.00. The number of amides is 1. The molecule has 0 unspecified atom stereocenters. The Morgan fingerprint density at radius 2 is 2.00 bits per heavy atom. The zero-order chi connectivity index (χ0) is 12.3. The van der Waals surface area contributed by atoms with Gasteiger partial charge in [0.05, 0.1) is 4.90 Å². The molecule has 0 spiro atoms. The Hall–Kier alpha value is -1.40. The quantitative estimate of drug-likeness (QED) is 0.658. The molecular formula is C9H8ClNO4S. The van der Waals surface area contributed by atoms with Crippen LogP contribution in [0.1, 0.15) is 17.3 Å². The van der Waals surface area contributed by atoms with Crippen molar-refractivity contribution >= 4 is 37.6 Å². The summed E-state index contributed by atoms with van der Waals surface area (Å²) in [5.41, 5.74) is 0.321. The average Bonchev–Trinajstić information content (AvgIpc) is 2.14. The molecule has 86 valence electrons. The molecule has 0 aliphatic carbocycles. The van der Waals surface area contributed by atoms with Crippen LogP contribution in [0.25, 0.3) is 0 Å². The Morgan fingerprint density at radius 1 is 1.38 bits per heavy atom. The van der Waals surface area contributed by atoms with Crippen molar-refractivity contribution < 1.29 is 18.0 Å². The molecule has 1 aromatic carbocycles. The summed E-state index contributed by atoms with van der Waals surface area (Å²) in [6, 6.07) is 3.65. The summed E-state index contributed by atoms with van der Waals surface area (Å²) in [7, 11) is 1.21. The maximum atomic E-state index is 11.1. The lowest BCUT2D eigenvalue weighted by molar-refractivity contribution is -0.114. The first-order valence-corrected chi connectivity index (χ1v) is 6.46. The van der Waals surface area contributed by atoms with E-state index in [-0.39, 0.29) is 22.1 Å². The van der Waals surface area contributed by atoms with Gasteiger partial charge >= 0.3 is 0 Å². The van der Waals surface area contributed by atoms with E-state index in [1.807, 2.05) is 0 Å². The van der Waals surface area contributed by atoms with E-state index in [0.29, 0.717) is 6.29 Å². The van der Waals surface area contributed by atoms with E-state index >= 15 is 0 Å². The molecule has 0 atom stereocenters. The largest absolute Gasteiger partial charge is 0.326 e. The highest BCUT2D eigenvalue weighted by Crippen LogP contribution is 2.21. The highest BCUT2D eigenvalue weighted by atomic mass is 35.7. The Balaban J connectivity index is 3.32. The van der Waals surface area contributed by atoms with Crippen molar-refractivity contribution in [1.82, 2.24) is 0 Å². The van der Waals surface area contributed by atoms with Crippen LogP contribution in [-0.4, -0.2) is 20.6 Å². The van der Waals surface area contributed by atoms with Gasteiger partial charge < -0.3 is 5.32 Å². The molecule has 1 N–H and O–H groups in total. The predicted molar refractivity (Wildman–Crippen MR) is 59.2 cm³/mol. The molecule has 0 aliphatic rings. The molecule has 0 saturated heterocycles. The number of carbonyl (C=O) groups excluding carboxylic acids is 2. The molecule has 1 amide bonds. The van der Waals surface area contributed by atoms with Gasteiger partial charge in [0.2, 0.25) is 5.91 Å². The normalized spacial score (nSPS) is 10.9. The molecule has 7 heteroatoms. The number of rotatable bonds is 3. The maximum Gasteiger partial charge on any atom is 0.261 e. The first-order valence-electron chi connectivity index (χ1n) is 4.15. The van der Waals surface area contributed by atoms with Crippen LogP contribution >= 0.6 is 10.7 Å². The Bertz CT molecular complexity index is 538. The minimum atomic E-state index is -3.93. The number of carbonyl (C=O) groups is 2. The van der Waals surface area contributed by atoms with E-state index in [0.717, 1.165) is 6.07 Å². The number of hydrogen-bond donors (Lipinski definition) is 1. The summed E-state index contributed by atoms with van der Waals surface area (Å²) in [4.78, 5) is 21.1. The van der Waals surface area contributed by atoms with Crippen molar-refractivity contribution in [3.8, 4) is 0 Å². The fraction of sp³-hybridized carbons (Fsp3) is 0.111. The van der Waals surface area contributed by atoms with E-state index in [4.69, 9.17) is 10.7 Å². The van der Waals surface area contributed by atoms with E-state index < -0.39 is 9.05 Å². The van der Waals surface area contributed by atoms with Crippen molar-refractivity contribution in [2.45, 2.75) is 11.8 Å². The molecule has 0 radical (unpaired) electrons. The molecule has 1 aromatic rings. The van der Waals surface area contributed by atoms with Crippen molar-refractivity contribution in [2.75, 3.05) is 5.32 Å². The van der Waals surface area contributed by atoms with Crippen molar-refractivity contribution in [3.05, 3.63) is 23.8 Å². The van der Waals surface area contributed by atoms with Gasteiger partial charge in [-0.05, 0) is 18.2 Å². The van der Waals surface area contributed by atoms with Crippen LogP contribution in [0.3, 0.4) is 0 Å². The fourth-order valence-corrected chi connectivity index (χ4v) is 1.92. The maximum absolute atomic E-state index is 11.1. The summed E-state index contributed by atoms with van der Waals surface area (Å²) in [5, 5.41) is 2.37. The molecular weight excluding hydrogens is 254 g/mol. The van der Waals surface area contributed by atoms with Crippen LogP contribution < -0.4 is 5.32 Å². The molecule has 0 aromatic heterocycles. The number of nitrogens with one attached hydrogen (secondary N) is 1. The third kappa shape index (κ3) is 3.32. The van der Waals surface area contributed by atoms with Crippen LogP contribution in [0.4, 0.5) is 5.69 Å². The molecule has 0 heterocycles. The summed E-state index contributed by atoms with van der Waals surface area (Å²) in [5.74, 6) is -0.374. The van der Waals surface area contributed by atoms with Gasteiger partial charge in [-0.15, -0.1) is 0 Å². The second-order valence-corrected chi connectivity index (χ2v) is 5.59. The van der Waals surface area contributed by atoms with Gasteiger partial charge in [-0.2, -0.15) is 0 Å². The summed E-state index contributed by atoms with van der Waals surface area (Å²) in [6.07, 6.45) is 0.469. The van der Waals surface area contributed by atoms with E-state index in [2.05, 4.69) is 5.32 Å². The summed E-state index contributed by atoms with van der Waals surface area (Å²) < 4.78 is 22.2. The van der Waals surface area contributed by atoms with Crippen LogP contribution in [0.2, 0.25) is 0 Å². The highest BCUT2D eigenvalue weighted by molar-refractivity contribution is 8.13. The molecule has 1 rings (SSSR count). The second kappa shape index (κ2) is 4.63. The van der Waals surface area contributed by atoms with E-state index in [1.165, 1.54) is 19.1 Å². The number of benzene rings is 1. The third-order valence-electron chi connectivity index (χ3n) is 1.67. The van der Waals surface area contributed by atoms with Crippen LogP contribution in [0, 0.1) is 0 Å². The average molecular weight is 262 g/mol. The lowest BCUT2D eigenvalue weighted by Gasteiger charge is -2.05. The number of aldehydes is 1. The Morgan fingerprint density at radius 3 is 2.44 bits per heavy atom. The second-order valence-electron chi connectivity index (χ2n) is 3.03. The molecule has 0 saturated carbocycles. The number of hydrogen-bond acceptors (Lipinski definition) is 4. The lowest BCUT2D eigenvalue weighted by Crippen LogP contribution is -2.07. The van der Waals surface area contributed by atoms with Gasteiger partial charge in [0.25, 0.3) is 9.05 Å². The molecule has 0 fully saturated rings. The standard InChI is InChI=1S/C9H8ClNO4S/c1-6(13)11-8-2-7(5-12)3-9(4-8)16(10,14)15/h2-5H,1H3,(H,11,13). The van der Waals surface area contributed by atoms with Gasteiger partial charge in [0, 0.05) is 28.9 Å². The minimum absolute atomic E-state index is 0.116. The van der Waals surface area contributed by atoms with Crippen LogP contribution in [0.5, 0.6) is 0 Å². The van der Waals surface area contributed by atoms with Crippen LogP contribution in [-0.2, 0) is 13.8 Å². The molecule has 0 bridgehead atoms. The van der Waals surface area contributed by atoms with Gasteiger partial charge in [0.1, 0.15) is 6.29 Å². The monoisotopic (exact) mass is 261 g/mol. The summed E-state index contributed by atoms with van der Waals surface area (Å²) in [6.45, 7) is 1.27. The van der Waals surface area contributed by atoms with Gasteiger partial charge in [-0.1, -0.05) is 0 Å². The van der Waals surface area contributed by atoms with Crippen LogP contribution in [0.15, 0.2) is 23.1 Å².